The lowest BCUT2D eigenvalue weighted by Gasteiger charge is -2.31. The van der Waals surface area contributed by atoms with E-state index in [1.54, 1.807) is 31.3 Å². The summed E-state index contributed by atoms with van der Waals surface area (Å²) in [5.74, 6) is -0.130. The van der Waals surface area contributed by atoms with Gasteiger partial charge in [-0.2, -0.15) is 0 Å². The molecule has 1 aliphatic rings. The van der Waals surface area contributed by atoms with Crippen molar-refractivity contribution in [3.63, 3.8) is 0 Å². The van der Waals surface area contributed by atoms with E-state index in [2.05, 4.69) is 16.0 Å². The molecule has 21 heavy (non-hydrogen) atoms. The van der Waals surface area contributed by atoms with Gasteiger partial charge in [-0.25, -0.2) is 4.79 Å². The highest BCUT2D eigenvalue weighted by atomic mass is 16.2. The molecule has 0 aromatic heterocycles. The fourth-order valence-electron chi connectivity index (χ4n) is 2.50. The summed E-state index contributed by atoms with van der Waals surface area (Å²) in [5, 5.41) is 7.98. The molecule has 1 fully saturated rings. The van der Waals surface area contributed by atoms with Crippen molar-refractivity contribution >= 4 is 23.3 Å². The molecular weight excluding hydrogens is 268 g/mol. The van der Waals surface area contributed by atoms with Crippen molar-refractivity contribution in [2.24, 2.45) is 5.73 Å². The lowest BCUT2D eigenvalue weighted by Crippen LogP contribution is -2.52. The third-order valence-electron chi connectivity index (χ3n) is 3.83. The monoisotopic (exact) mass is 290 g/mol. The Balaban J connectivity index is 1.96. The Morgan fingerprint density at radius 1 is 1.00 bits per heavy atom. The first-order valence-electron chi connectivity index (χ1n) is 7.23. The van der Waals surface area contributed by atoms with Crippen molar-refractivity contribution in [1.82, 2.24) is 5.32 Å². The van der Waals surface area contributed by atoms with Gasteiger partial charge in [0.2, 0.25) is 5.91 Å². The molecule has 3 amide bonds. The normalized spacial score (nSPS) is 16.9. The van der Waals surface area contributed by atoms with Crippen LogP contribution < -0.4 is 21.7 Å². The molecule has 0 spiro atoms. The number of carbonyl (C=O) groups excluding carboxylic acids is 2. The summed E-state index contributed by atoms with van der Waals surface area (Å²) in [6, 6.07) is 6.67. The zero-order chi connectivity index (χ0) is 15.3. The van der Waals surface area contributed by atoms with Crippen LogP contribution in [0.3, 0.4) is 0 Å². The molecule has 5 N–H and O–H groups in total. The predicted octanol–water partition coefficient (Wildman–Crippen LogP) is 2.04. The molecular formula is C15H22N4O2. The number of benzene rings is 1. The van der Waals surface area contributed by atoms with Gasteiger partial charge in [0.05, 0.1) is 5.54 Å². The van der Waals surface area contributed by atoms with Crippen LogP contribution in [0.2, 0.25) is 0 Å². The quantitative estimate of drug-likeness (QED) is 0.686. The molecule has 6 heteroatoms. The van der Waals surface area contributed by atoms with Crippen LogP contribution in [-0.2, 0) is 4.79 Å². The van der Waals surface area contributed by atoms with Gasteiger partial charge in [0.1, 0.15) is 0 Å². The summed E-state index contributed by atoms with van der Waals surface area (Å²) >= 11 is 0. The number of hydrogen-bond donors (Lipinski definition) is 4. The van der Waals surface area contributed by atoms with Crippen molar-refractivity contribution < 1.29 is 9.59 Å². The summed E-state index contributed by atoms with van der Waals surface area (Å²) in [7, 11) is 1.55. The van der Waals surface area contributed by atoms with E-state index in [4.69, 9.17) is 5.73 Å². The van der Waals surface area contributed by atoms with Gasteiger partial charge >= 0.3 is 6.03 Å². The predicted molar refractivity (Wildman–Crippen MR) is 83.2 cm³/mol. The largest absolute Gasteiger partial charge is 0.341 e. The van der Waals surface area contributed by atoms with Gasteiger partial charge in [-0.05, 0) is 37.1 Å². The maximum absolute atomic E-state index is 12.3. The van der Waals surface area contributed by atoms with E-state index < -0.39 is 5.54 Å². The smallest absolute Gasteiger partial charge is 0.318 e. The number of nitrogens with one attached hydrogen (secondary N) is 3. The van der Waals surface area contributed by atoms with E-state index in [1.165, 1.54) is 0 Å². The standard InChI is InChI=1S/C15H22N4O2/c1-17-14(21)19-12-7-5-11(6-8-12)18-13(20)15(16)9-3-2-4-10-15/h5-8H,2-4,9-10,16H2,1H3,(H,18,20)(H2,17,19,21). The average molecular weight is 290 g/mol. The van der Waals surface area contributed by atoms with Gasteiger partial charge in [0.25, 0.3) is 0 Å². The fourth-order valence-corrected chi connectivity index (χ4v) is 2.50. The number of anilines is 2. The van der Waals surface area contributed by atoms with Crippen molar-refractivity contribution in [3.05, 3.63) is 24.3 Å². The Kier molecular flexibility index (Phi) is 4.80. The first-order valence-corrected chi connectivity index (χ1v) is 7.23. The Bertz CT molecular complexity index is 507. The van der Waals surface area contributed by atoms with Crippen molar-refractivity contribution in [2.45, 2.75) is 37.6 Å². The molecule has 114 valence electrons. The minimum atomic E-state index is -0.753. The lowest BCUT2D eigenvalue weighted by molar-refractivity contribution is -0.122. The van der Waals surface area contributed by atoms with Crippen LogP contribution in [0.1, 0.15) is 32.1 Å². The van der Waals surface area contributed by atoms with Gasteiger partial charge in [0.15, 0.2) is 0 Å². The molecule has 0 saturated heterocycles. The first-order chi connectivity index (χ1) is 10.0. The highest BCUT2D eigenvalue weighted by Gasteiger charge is 2.35. The number of urea groups is 1. The third-order valence-corrected chi connectivity index (χ3v) is 3.83. The van der Waals surface area contributed by atoms with Gasteiger partial charge < -0.3 is 21.7 Å². The molecule has 1 aromatic rings. The van der Waals surface area contributed by atoms with Crippen molar-refractivity contribution in [3.8, 4) is 0 Å². The fraction of sp³-hybridized carbons (Fsp3) is 0.467. The maximum atomic E-state index is 12.3. The van der Waals surface area contributed by atoms with E-state index in [0.29, 0.717) is 11.4 Å². The topological polar surface area (TPSA) is 96.2 Å². The van der Waals surface area contributed by atoms with E-state index in [-0.39, 0.29) is 11.9 Å². The van der Waals surface area contributed by atoms with Crippen molar-refractivity contribution in [2.75, 3.05) is 17.7 Å². The molecule has 2 rings (SSSR count). The third kappa shape index (κ3) is 3.95. The second-order valence-corrected chi connectivity index (χ2v) is 5.45. The minimum Gasteiger partial charge on any atom is -0.341 e. The van der Waals surface area contributed by atoms with E-state index >= 15 is 0 Å². The van der Waals surface area contributed by atoms with Crippen LogP contribution in [-0.4, -0.2) is 24.5 Å². The average Bonchev–Trinajstić information content (AvgIpc) is 2.50. The number of nitrogens with two attached hydrogens (primary N) is 1. The van der Waals surface area contributed by atoms with Crippen LogP contribution in [0.15, 0.2) is 24.3 Å². The first kappa shape index (κ1) is 15.3. The van der Waals surface area contributed by atoms with Gasteiger partial charge in [-0.15, -0.1) is 0 Å². The molecule has 0 bridgehead atoms. The SMILES string of the molecule is CNC(=O)Nc1ccc(NC(=O)C2(N)CCCCC2)cc1. The van der Waals surface area contributed by atoms with Crippen LogP contribution in [0, 0.1) is 0 Å². The maximum Gasteiger partial charge on any atom is 0.318 e. The summed E-state index contributed by atoms with van der Waals surface area (Å²) in [6.07, 6.45) is 4.61. The molecule has 0 heterocycles. The van der Waals surface area contributed by atoms with Crippen LogP contribution >= 0.6 is 0 Å². The van der Waals surface area contributed by atoms with Crippen LogP contribution in [0.25, 0.3) is 0 Å². The molecule has 0 radical (unpaired) electrons. The Labute approximate surface area is 124 Å². The molecule has 0 aliphatic heterocycles. The summed E-state index contributed by atoms with van der Waals surface area (Å²) < 4.78 is 0. The highest BCUT2D eigenvalue weighted by molar-refractivity contribution is 5.98. The van der Waals surface area contributed by atoms with Gasteiger partial charge in [-0.1, -0.05) is 19.3 Å². The van der Waals surface area contributed by atoms with E-state index in [0.717, 1.165) is 32.1 Å². The van der Waals surface area contributed by atoms with Crippen molar-refractivity contribution in [1.29, 1.82) is 0 Å². The minimum absolute atomic E-state index is 0.130. The Hall–Kier alpha value is -2.08. The number of hydrogen-bond acceptors (Lipinski definition) is 3. The Morgan fingerprint density at radius 3 is 2.05 bits per heavy atom. The van der Waals surface area contributed by atoms with Gasteiger partial charge in [-0.3, -0.25) is 4.79 Å². The number of rotatable bonds is 3. The molecule has 0 atom stereocenters. The molecule has 1 aliphatic carbocycles. The van der Waals surface area contributed by atoms with E-state index in [1.807, 2.05) is 0 Å². The Morgan fingerprint density at radius 2 is 1.52 bits per heavy atom. The summed E-state index contributed by atoms with van der Waals surface area (Å²) in [6.45, 7) is 0. The molecule has 6 nitrogen and oxygen atoms in total. The van der Waals surface area contributed by atoms with Crippen LogP contribution in [0.5, 0.6) is 0 Å². The molecule has 1 saturated carbocycles. The number of amides is 3. The zero-order valence-electron chi connectivity index (χ0n) is 12.2. The second-order valence-electron chi connectivity index (χ2n) is 5.45. The molecule has 0 unspecified atom stereocenters. The van der Waals surface area contributed by atoms with E-state index in [9.17, 15) is 9.59 Å². The highest BCUT2D eigenvalue weighted by Crippen LogP contribution is 2.27. The zero-order valence-corrected chi connectivity index (χ0v) is 12.2. The molecule has 1 aromatic carbocycles. The number of carbonyl (C=O) groups is 2. The van der Waals surface area contributed by atoms with Gasteiger partial charge in [0, 0.05) is 18.4 Å². The van der Waals surface area contributed by atoms with Crippen LogP contribution in [0.4, 0.5) is 16.2 Å². The summed E-state index contributed by atoms with van der Waals surface area (Å²) in [4.78, 5) is 23.5. The second kappa shape index (κ2) is 6.58. The summed E-state index contributed by atoms with van der Waals surface area (Å²) in [5.41, 5.74) is 6.77. The lowest BCUT2D eigenvalue weighted by atomic mass is 9.82.